The van der Waals surface area contributed by atoms with Crippen LogP contribution in [0.15, 0.2) is 158 Å². The lowest BCUT2D eigenvalue weighted by Crippen LogP contribution is -1.92. The van der Waals surface area contributed by atoms with Crippen LogP contribution in [0.25, 0.3) is 77.4 Å². The van der Waals surface area contributed by atoms with E-state index in [1.807, 2.05) is 26.0 Å². The lowest BCUT2D eigenvalue weighted by atomic mass is 9.84. The zero-order valence-corrected chi connectivity index (χ0v) is 25.9. The molecule has 2 heteroatoms. The molecule has 0 fully saturated rings. The Hall–Kier alpha value is -5.86. The topological polar surface area (TPSA) is 25.8 Å². The second-order valence-electron chi connectivity index (χ2n) is 11.9. The van der Waals surface area contributed by atoms with Gasteiger partial charge in [-0.2, -0.15) is 0 Å². The van der Waals surface area contributed by atoms with E-state index >= 15 is 0 Å². The average molecular weight is 589 g/mol. The zero-order valence-electron chi connectivity index (χ0n) is 25.9. The van der Waals surface area contributed by atoms with Crippen LogP contribution >= 0.6 is 0 Å². The molecule has 0 aliphatic rings. The first kappa shape index (κ1) is 27.7. The van der Waals surface area contributed by atoms with Gasteiger partial charge in [0.1, 0.15) is 0 Å². The van der Waals surface area contributed by atoms with Crippen molar-refractivity contribution in [3.05, 3.63) is 169 Å². The molecular weight excluding hydrogens is 556 g/mol. The second-order valence-corrected chi connectivity index (χ2v) is 11.9. The summed E-state index contributed by atoms with van der Waals surface area (Å²) in [5, 5.41) is 4.95. The molecular formula is C44H32N2. The molecule has 8 aromatic rings. The first-order chi connectivity index (χ1) is 22.6. The van der Waals surface area contributed by atoms with Gasteiger partial charge in [-0.05, 0) is 99.1 Å². The zero-order chi connectivity index (χ0) is 31.0. The van der Waals surface area contributed by atoms with Crippen molar-refractivity contribution in [3.8, 4) is 55.9 Å². The SMILES string of the molecule is Cc1cccc(-c2ccc(-c3c4ccccc4c(-c4ccc(-c5cccc(C)n5)cc4)c4cc(-c5ccccc5)ccc34)cc2)n1. The number of hydrogen-bond acceptors (Lipinski definition) is 2. The fourth-order valence-electron chi connectivity index (χ4n) is 6.63. The largest absolute Gasteiger partial charge is 0.253 e. The van der Waals surface area contributed by atoms with Crippen LogP contribution in [0.2, 0.25) is 0 Å². The number of benzene rings is 6. The van der Waals surface area contributed by atoms with Crippen LogP contribution in [0.1, 0.15) is 11.4 Å². The highest BCUT2D eigenvalue weighted by Crippen LogP contribution is 2.45. The van der Waals surface area contributed by atoms with Crippen LogP contribution < -0.4 is 0 Å². The highest BCUT2D eigenvalue weighted by molar-refractivity contribution is 6.22. The number of hydrogen-bond donors (Lipinski definition) is 0. The minimum atomic E-state index is 0.993. The molecule has 2 nitrogen and oxygen atoms in total. The molecule has 0 spiro atoms. The number of rotatable bonds is 5. The van der Waals surface area contributed by atoms with Gasteiger partial charge in [0, 0.05) is 22.5 Å². The Morgan fingerprint density at radius 3 is 1.26 bits per heavy atom. The normalized spacial score (nSPS) is 11.3. The van der Waals surface area contributed by atoms with Crippen molar-refractivity contribution in [2.24, 2.45) is 0 Å². The van der Waals surface area contributed by atoms with Crippen molar-refractivity contribution < 1.29 is 0 Å². The Labute approximate surface area is 269 Å². The van der Waals surface area contributed by atoms with E-state index in [9.17, 15) is 0 Å². The quantitative estimate of drug-likeness (QED) is 0.187. The van der Waals surface area contributed by atoms with Crippen molar-refractivity contribution in [1.29, 1.82) is 0 Å². The van der Waals surface area contributed by atoms with Crippen molar-refractivity contribution >= 4 is 21.5 Å². The predicted octanol–water partition coefficient (Wildman–Crippen LogP) is 11.7. The van der Waals surface area contributed by atoms with E-state index in [4.69, 9.17) is 9.97 Å². The van der Waals surface area contributed by atoms with E-state index in [-0.39, 0.29) is 0 Å². The fraction of sp³-hybridized carbons (Fsp3) is 0.0455. The maximum atomic E-state index is 4.76. The maximum absolute atomic E-state index is 4.76. The summed E-state index contributed by atoms with van der Waals surface area (Å²) in [7, 11) is 0. The number of pyridine rings is 2. The molecule has 0 amide bonds. The van der Waals surface area contributed by atoms with Gasteiger partial charge in [-0.15, -0.1) is 0 Å². The molecule has 0 saturated heterocycles. The molecule has 6 aromatic carbocycles. The summed E-state index contributed by atoms with van der Waals surface area (Å²) in [5.41, 5.74) is 13.6. The third kappa shape index (κ3) is 5.04. The standard InChI is InChI=1S/C44H32N2/c1-29-10-8-16-41(45-29)32-18-22-34(23-19-32)43-37-14-6-7-15-38(37)44(35-24-20-33(21-25-35)42-17-9-11-30(2)46-42)40-28-36(26-27-39(40)43)31-12-4-3-5-13-31/h3-28H,1-2H3. The summed E-state index contributed by atoms with van der Waals surface area (Å²) in [4.78, 5) is 9.52. The molecule has 8 rings (SSSR count). The highest BCUT2D eigenvalue weighted by atomic mass is 14.7. The molecule has 0 atom stereocenters. The minimum Gasteiger partial charge on any atom is -0.253 e. The molecule has 46 heavy (non-hydrogen) atoms. The van der Waals surface area contributed by atoms with E-state index < -0.39 is 0 Å². The molecule has 0 radical (unpaired) electrons. The molecule has 2 aromatic heterocycles. The number of fused-ring (bicyclic) bond motifs is 2. The van der Waals surface area contributed by atoms with Gasteiger partial charge < -0.3 is 0 Å². The summed E-state index contributed by atoms with van der Waals surface area (Å²) in [6, 6.07) is 56.6. The molecule has 0 bridgehead atoms. The van der Waals surface area contributed by atoms with Gasteiger partial charge in [-0.25, -0.2) is 0 Å². The first-order valence-electron chi connectivity index (χ1n) is 15.8. The Kier molecular flexibility index (Phi) is 6.96. The lowest BCUT2D eigenvalue weighted by molar-refractivity contribution is 1.20. The Balaban J connectivity index is 1.36. The molecule has 2 heterocycles. The van der Waals surface area contributed by atoms with Crippen LogP contribution in [0.3, 0.4) is 0 Å². The van der Waals surface area contributed by atoms with Gasteiger partial charge in [0.2, 0.25) is 0 Å². The van der Waals surface area contributed by atoms with Crippen LogP contribution in [0.4, 0.5) is 0 Å². The molecule has 0 aliphatic carbocycles. The van der Waals surface area contributed by atoms with E-state index in [2.05, 4.69) is 146 Å². The van der Waals surface area contributed by atoms with Crippen molar-refractivity contribution in [2.75, 3.05) is 0 Å². The Morgan fingerprint density at radius 2 is 0.739 bits per heavy atom. The van der Waals surface area contributed by atoms with E-state index in [1.54, 1.807) is 0 Å². The summed E-state index contributed by atoms with van der Waals surface area (Å²) in [6.45, 7) is 4.07. The second kappa shape index (κ2) is 11.6. The maximum Gasteiger partial charge on any atom is 0.0705 e. The number of nitrogens with zero attached hydrogens (tertiary/aromatic N) is 2. The molecule has 0 aliphatic heterocycles. The van der Waals surface area contributed by atoms with Gasteiger partial charge in [0.05, 0.1) is 11.4 Å². The lowest BCUT2D eigenvalue weighted by Gasteiger charge is -2.19. The van der Waals surface area contributed by atoms with Crippen molar-refractivity contribution in [2.45, 2.75) is 13.8 Å². The Bertz CT molecular complexity index is 2350. The fourth-order valence-corrected chi connectivity index (χ4v) is 6.63. The van der Waals surface area contributed by atoms with Crippen molar-refractivity contribution in [1.82, 2.24) is 9.97 Å². The molecule has 0 N–H and O–H groups in total. The van der Waals surface area contributed by atoms with Crippen LogP contribution in [-0.2, 0) is 0 Å². The van der Waals surface area contributed by atoms with E-state index in [0.717, 1.165) is 33.9 Å². The number of aromatic nitrogens is 2. The molecule has 218 valence electrons. The van der Waals surface area contributed by atoms with Crippen LogP contribution in [0, 0.1) is 13.8 Å². The third-order valence-electron chi connectivity index (χ3n) is 8.85. The first-order valence-corrected chi connectivity index (χ1v) is 15.8. The monoisotopic (exact) mass is 588 g/mol. The smallest absolute Gasteiger partial charge is 0.0705 e. The molecule has 0 saturated carbocycles. The van der Waals surface area contributed by atoms with Crippen LogP contribution in [0.5, 0.6) is 0 Å². The van der Waals surface area contributed by atoms with Gasteiger partial charge in [-0.1, -0.05) is 127 Å². The number of aryl methyl sites for hydroxylation is 2. The Morgan fingerprint density at radius 1 is 0.304 bits per heavy atom. The summed E-state index contributed by atoms with van der Waals surface area (Å²) in [5.74, 6) is 0. The summed E-state index contributed by atoms with van der Waals surface area (Å²) >= 11 is 0. The van der Waals surface area contributed by atoms with Gasteiger partial charge in [0.25, 0.3) is 0 Å². The van der Waals surface area contributed by atoms with Crippen molar-refractivity contribution in [3.63, 3.8) is 0 Å². The summed E-state index contributed by atoms with van der Waals surface area (Å²) < 4.78 is 0. The van der Waals surface area contributed by atoms with E-state index in [1.165, 1.54) is 54.9 Å². The minimum absolute atomic E-state index is 0.993. The predicted molar refractivity (Wildman–Crippen MR) is 194 cm³/mol. The summed E-state index contributed by atoms with van der Waals surface area (Å²) in [6.07, 6.45) is 0. The molecule has 0 unspecified atom stereocenters. The third-order valence-corrected chi connectivity index (χ3v) is 8.85. The van der Waals surface area contributed by atoms with Gasteiger partial charge in [-0.3, -0.25) is 9.97 Å². The van der Waals surface area contributed by atoms with Gasteiger partial charge >= 0.3 is 0 Å². The average Bonchev–Trinajstić information content (AvgIpc) is 3.11. The van der Waals surface area contributed by atoms with E-state index in [0.29, 0.717) is 0 Å². The van der Waals surface area contributed by atoms with Crippen LogP contribution in [-0.4, -0.2) is 9.97 Å². The highest BCUT2D eigenvalue weighted by Gasteiger charge is 2.18. The van der Waals surface area contributed by atoms with Gasteiger partial charge in [0.15, 0.2) is 0 Å².